The van der Waals surface area contributed by atoms with E-state index in [0.717, 1.165) is 6.42 Å². The summed E-state index contributed by atoms with van der Waals surface area (Å²) in [7, 11) is 0. The maximum Gasteiger partial charge on any atom is 0.343 e. The van der Waals surface area contributed by atoms with Gasteiger partial charge >= 0.3 is 5.82 Å². The van der Waals surface area contributed by atoms with E-state index in [1.807, 2.05) is 6.92 Å². The Kier molecular flexibility index (Phi) is 3.93. The SMILES string of the molecule is C=C(c1ccc(F)cc1)c1ncc([N+](=O)[O-])n1CCC. The Labute approximate surface area is 115 Å². The zero-order valence-corrected chi connectivity index (χ0v) is 11.0. The molecule has 5 nitrogen and oxygen atoms in total. The zero-order valence-electron chi connectivity index (χ0n) is 11.0. The highest BCUT2D eigenvalue weighted by Crippen LogP contribution is 2.25. The van der Waals surface area contributed by atoms with Crippen LogP contribution in [-0.2, 0) is 6.54 Å². The fourth-order valence-corrected chi connectivity index (χ4v) is 1.98. The molecule has 0 aliphatic carbocycles. The molecule has 20 heavy (non-hydrogen) atoms. The smallest absolute Gasteiger partial charge is 0.343 e. The van der Waals surface area contributed by atoms with Crippen LogP contribution in [-0.4, -0.2) is 14.5 Å². The van der Waals surface area contributed by atoms with E-state index < -0.39 is 4.92 Å². The summed E-state index contributed by atoms with van der Waals surface area (Å²) in [5.74, 6) is 0.0275. The minimum Gasteiger partial charge on any atom is -0.358 e. The minimum atomic E-state index is -0.468. The molecule has 0 amide bonds. The number of halogens is 1. The van der Waals surface area contributed by atoms with E-state index in [2.05, 4.69) is 11.6 Å². The first-order chi connectivity index (χ1) is 9.54. The fourth-order valence-electron chi connectivity index (χ4n) is 1.98. The van der Waals surface area contributed by atoms with Gasteiger partial charge in [-0.3, -0.25) is 0 Å². The topological polar surface area (TPSA) is 61.0 Å². The lowest BCUT2D eigenvalue weighted by Crippen LogP contribution is -2.07. The molecule has 0 radical (unpaired) electrons. The Bertz CT molecular complexity index is 647. The number of rotatable bonds is 5. The first kappa shape index (κ1) is 13.9. The molecule has 6 heteroatoms. The molecule has 0 saturated carbocycles. The van der Waals surface area contributed by atoms with Crippen molar-refractivity contribution in [1.29, 1.82) is 0 Å². The van der Waals surface area contributed by atoms with Gasteiger partial charge in [0.25, 0.3) is 0 Å². The lowest BCUT2D eigenvalue weighted by Gasteiger charge is -2.06. The second kappa shape index (κ2) is 5.64. The van der Waals surface area contributed by atoms with E-state index in [1.165, 1.54) is 22.9 Å². The van der Waals surface area contributed by atoms with Crippen molar-refractivity contribution in [3.63, 3.8) is 0 Å². The molecule has 0 saturated heterocycles. The van der Waals surface area contributed by atoms with E-state index in [9.17, 15) is 14.5 Å². The van der Waals surface area contributed by atoms with Crippen LogP contribution in [0.1, 0.15) is 24.7 Å². The first-order valence-corrected chi connectivity index (χ1v) is 6.19. The van der Waals surface area contributed by atoms with E-state index in [1.54, 1.807) is 12.1 Å². The van der Waals surface area contributed by atoms with Gasteiger partial charge in [-0.15, -0.1) is 0 Å². The lowest BCUT2D eigenvalue weighted by atomic mass is 10.1. The van der Waals surface area contributed by atoms with Crippen LogP contribution in [0.4, 0.5) is 10.2 Å². The van der Waals surface area contributed by atoms with Crippen LogP contribution in [0, 0.1) is 15.9 Å². The quantitative estimate of drug-likeness (QED) is 0.620. The van der Waals surface area contributed by atoms with E-state index in [4.69, 9.17) is 0 Å². The molecule has 0 spiro atoms. The van der Waals surface area contributed by atoms with Crippen molar-refractivity contribution in [2.45, 2.75) is 19.9 Å². The summed E-state index contributed by atoms with van der Waals surface area (Å²) in [6.45, 7) is 6.31. The average molecular weight is 275 g/mol. The first-order valence-electron chi connectivity index (χ1n) is 6.19. The summed E-state index contributed by atoms with van der Waals surface area (Å²) in [5.41, 5.74) is 1.22. The second-order valence-electron chi connectivity index (χ2n) is 4.33. The molecular formula is C14H14FN3O2. The van der Waals surface area contributed by atoms with Crippen molar-refractivity contribution in [3.8, 4) is 0 Å². The predicted molar refractivity (Wildman–Crippen MR) is 73.7 cm³/mol. The number of hydrogen-bond acceptors (Lipinski definition) is 3. The maximum absolute atomic E-state index is 12.9. The summed E-state index contributed by atoms with van der Waals surface area (Å²) < 4.78 is 14.4. The lowest BCUT2D eigenvalue weighted by molar-refractivity contribution is -0.392. The van der Waals surface area contributed by atoms with Crippen LogP contribution in [0.3, 0.4) is 0 Å². The Hall–Kier alpha value is -2.50. The Morgan fingerprint density at radius 3 is 2.65 bits per heavy atom. The average Bonchev–Trinajstić information content (AvgIpc) is 2.83. The number of benzene rings is 1. The summed E-state index contributed by atoms with van der Waals surface area (Å²) in [5, 5.41) is 11.0. The van der Waals surface area contributed by atoms with Gasteiger partial charge in [0.1, 0.15) is 12.0 Å². The van der Waals surface area contributed by atoms with Crippen molar-refractivity contribution < 1.29 is 9.31 Å². The molecule has 1 aromatic carbocycles. The minimum absolute atomic E-state index is 0.0647. The van der Waals surface area contributed by atoms with Crippen LogP contribution >= 0.6 is 0 Å². The highest BCUT2D eigenvalue weighted by Gasteiger charge is 2.22. The van der Waals surface area contributed by atoms with E-state index in [-0.39, 0.29) is 11.6 Å². The van der Waals surface area contributed by atoms with E-state index in [0.29, 0.717) is 23.5 Å². The van der Waals surface area contributed by atoms with Crippen molar-refractivity contribution in [3.05, 3.63) is 64.4 Å². The molecule has 2 aromatic rings. The molecule has 0 unspecified atom stereocenters. The van der Waals surface area contributed by atoms with Gasteiger partial charge in [0.05, 0.1) is 6.54 Å². The van der Waals surface area contributed by atoms with Crippen LogP contribution in [0.25, 0.3) is 5.57 Å². The zero-order chi connectivity index (χ0) is 14.7. The van der Waals surface area contributed by atoms with Gasteiger partial charge in [-0.1, -0.05) is 25.6 Å². The van der Waals surface area contributed by atoms with Gasteiger partial charge in [0.15, 0.2) is 0 Å². The number of aromatic nitrogens is 2. The molecule has 1 heterocycles. The highest BCUT2D eigenvalue weighted by atomic mass is 19.1. The molecule has 1 aromatic heterocycles. The van der Waals surface area contributed by atoms with Crippen LogP contribution in [0.15, 0.2) is 37.0 Å². The van der Waals surface area contributed by atoms with Gasteiger partial charge in [0.2, 0.25) is 5.82 Å². The molecule has 0 N–H and O–H groups in total. The number of nitrogens with zero attached hydrogens (tertiary/aromatic N) is 3. The van der Waals surface area contributed by atoms with Crippen molar-refractivity contribution in [2.24, 2.45) is 0 Å². The normalized spacial score (nSPS) is 10.5. The highest BCUT2D eigenvalue weighted by molar-refractivity contribution is 5.75. The van der Waals surface area contributed by atoms with Gasteiger partial charge in [-0.25, -0.2) is 13.9 Å². The molecule has 0 aliphatic heterocycles. The summed E-state index contributed by atoms with van der Waals surface area (Å²) >= 11 is 0. The summed E-state index contributed by atoms with van der Waals surface area (Å²) in [6, 6.07) is 5.80. The molecule has 0 aliphatic rings. The second-order valence-corrected chi connectivity index (χ2v) is 4.33. The third-order valence-corrected chi connectivity index (χ3v) is 2.93. The Morgan fingerprint density at radius 1 is 1.45 bits per heavy atom. The van der Waals surface area contributed by atoms with Crippen LogP contribution < -0.4 is 0 Å². The third-order valence-electron chi connectivity index (χ3n) is 2.93. The molecule has 0 fully saturated rings. The van der Waals surface area contributed by atoms with Crippen molar-refractivity contribution >= 4 is 11.4 Å². The summed E-state index contributed by atoms with van der Waals surface area (Å²) in [4.78, 5) is 14.6. The molecule has 0 atom stereocenters. The largest absolute Gasteiger partial charge is 0.358 e. The van der Waals surface area contributed by atoms with Gasteiger partial charge in [-0.2, -0.15) is 0 Å². The maximum atomic E-state index is 12.9. The Morgan fingerprint density at radius 2 is 2.10 bits per heavy atom. The fraction of sp³-hybridized carbons (Fsp3) is 0.214. The van der Waals surface area contributed by atoms with Gasteiger partial charge in [0, 0.05) is 5.57 Å². The van der Waals surface area contributed by atoms with Gasteiger partial charge < -0.3 is 10.1 Å². The number of hydrogen-bond donors (Lipinski definition) is 0. The number of imidazole rings is 1. The Balaban J connectivity index is 2.44. The standard InChI is InChI=1S/C14H14FN3O2/c1-3-8-17-13(18(19)20)9-16-14(17)10(2)11-4-6-12(15)7-5-11/h4-7,9H,2-3,8H2,1H3. The van der Waals surface area contributed by atoms with E-state index >= 15 is 0 Å². The van der Waals surface area contributed by atoms with Crippen molar-refractivity contribution in [1.82, 2.24) is 9.55 Å². The molecule has 0 bridgehead atoms. The van der Waals surface area contributed by atoms with Crippen molar-refractivity contribution in [2.75, 3.05) is 0 Å². The molecule has 2 rings (SSSR count). The summed E-state index contributed by atoms with van der Waals surface area (Å²) in [6.07, 6.45) is 1.96. The van der Waals surface area contributed by atoms with Crippen LogP contribution in [0.2, 0.25) is 0 Å². The molecule has 104 valence electrons. The predicted octanol–water partition coefficient (Wildman–Crippen LogP) is 3.40. The monoisotopic (exact) mass is 275 g/mol. The van der Waals surface area contributed by atoms with Crippen LogP contribution in [0.5, 0.6) is 0 Å². The van der Waals surface area contributed by atoms with Gasteiger partial charge in [-0.05, 0) is 29.0 Å². The third kappa shape index (κ3) is 2.59. The molecular weight excluding hydrogens is 261 g/mol. The number of nitro groups is 1.